The fourth-order valence-electron chi connectivity index (χ4n) is 2.22. The van der Waals surface area contributed by atoms with Gasteiger partial charge in [0.25, 0.3) is 0 Å². The Kier molecular flexibility index (Phi) is 4.82. The van der Waals surface area contributed by atoms with Crippen LogP contribution in [0.3, 0.4) is 0 Å². The Morgan fingerprint density at radius 1 is 1.08 bits per heavy atom. The van der Waals surface area contributed by atoms with Crippen LogP contribution in [0.25, 0.3) is 22.0 Å². The van der Waals surface area contributed by atoms with Crippen LogP contribution >= 0.6 is 34.4 Å². The lowest BCUT2D eigenvalue weighted by Crippen LogP contribution is -1.84. The van der Waals surface area contributed by atoms with E-state index in [1.807, 2.05) is 24.3 Å². The lowest BCUT2D eigenvalue weighted by atomic mass is 10.2. The minimum atomic E-state index is 0.718. The summed E-state index contributed by atoms with van der Waals surface area (Å²) in [6, 6.07) is 9.83. The topological polar surface area (TPSA) is 63.7 Å². The van der Waals surface area contributed by atoms with E-state index in [0.29, 0.717) is 0 Å². The smallest absolute Gasteiger partial charge is 0.209 e. The van der Waals surface area contributed by atoms with Crippen LogP contribution in [0, 0.1) is 0 Å². The average molecular weight is 387 g/mol. The number of H-pyrrole nitrogens is 1. The normalized spacial score (nSPS) is 10.9. The standard InChI is InChI=1S/C17H14N4OS3/c1-22-14-4-2-11(3-5-14)15-19-17(21-20-15)25-10-13-9-24-16(18-13)12-6-7-23-8-12/h2-9H,10H2,1H3,(H,19,20,21). The number of aromatic nitrogens is 4. The van der Waals surface area contributed by atoms with E-state index >= 15 is 0 Å². The van der Waals surface area contributed by atoms with Gasteiger partial charge in [-0.3, -0.25) is 5.10 Å². The molecule has 5 nitrogen and oxygen atoms in total. The highest BCUT2D eigenvalue weighted by Crippen LogP contribution is 2.28. The van der Waals surface area contributed by atoms with Gasteiger partial charge in [0, 0.05) is 27.6 Å². The first-order valence-corrected chi connectivity index (χ1v) is 10.3. The predicted octanol–water partition coefficient (Wildman–Crippen LogP) is 4.96. The van der Waals surface area contributed by atoms with Crippen LogP contribution in [0.4, 0.5) is 0 Å². The summed E-state index contributed by atoms with van der Waals surface area (Å²) in [5.74, 6) is 2.32. The molecule has 0 radical (unpaired) electrons. The fourth-order valence-corrected chi connectivity index (χ4v) is 4.55. The monoisotopic (exact) mass is 386 g/mol. The maximum absolute atomic E-state index is 5.17. The van der Waals surface area contributed by atoms with Crippen molar-refractivity contribution < 1.29 is 4.74 Å². The van der Waals surface area contributed by atoms with Gasteiger partial charge in [0.2, 0.25) is 5.16 Å². The number of rotatable bonds is 6. The van der Waals surface area contributed by atoms with E-state index in [9.17, 15) is 0 Å². The Morgan fingerprint density at radius 2 is 1.96 bits per heavy atom. The van der Waals surface area contributed by atoms with Gasteiger partial charge < -0.3 is 4.74 Å². The number of benzene rings is 1. The molecule has 3 aromatic heterocycles. The number of aromatic amines is 1. The van der Waals surface area contributed by atoms with E-state index in [1.165, 1.54) is 5.56 Å². The minimum Gasteiger partial charge on any atom is -0.497 e. The molecule has 8 heteroatoms. The summed E-state index contributed by atoms with van der Waals surface area (Å²) in [4.78, 5) is 9.22. The zero-order valence-electron chi connectivity index (χ0n) is 13.3. The number of ether oxygens (including phenoxy) is 1. The maximum Gasteiger partial charge on any atom is 0.209 e. The van der Waals surface area contributed by atoms with E-state index in [4.69, 9.17) is 4.74 Å². The van der Waals surface area contributed by atoms with Crippen molar-refractivity contribution in [3.63, 3.8) is 0 Å². The van der Waals surface area contributed by atoms with Crippen molar-refractivity contribution in [2.24, 2.45) is 0 Å². The molecule has 0 saturated carbocycles. The average Bonchev–Trinajstić information content (AvgIpc) is 3.41. The van der Waals surface area contributed by atoms with Crippen molar-refractivity contribution in [2.45, 2.75) is 10.9 Å². The predicted molar refractivity (Wildman–Crippen MR) is 103 cm³/mol. The number of nitrogens with zero attached hydrogens (tertiary/aromatic N) is 3. The molecule has 4 rings (SSSR count). The number of hydrogen-bond acceptors (Lipinski definition) is 7. The van der Waals surface area contributed by atoms with Gasteiger partial charge in [-0.1, -0.05) is 11.8 Å². The van der Waals surface area contributed by atoms with Crippen LogP contribution < -0.4 is 4.74 Å². The molecule has 1 N–H and O–H groups in total. The van der Waals surface area contributed by atoms with Gasteiger partial charge in [-0.25, -0.2) is 9.97 Å². The van der Waals surface area contributed by atoms with Crippen molar-refractivity contribution in [3.05, 3.63) is 52.2 Å². The zero-order chi connectivity index (χ0) is 17.1. The molecule has 0 unspecified atom stereocenters. The molecular formula is C17H14N4OS3. The second kappa shape index (κ2) is 7.38. The Hall–Kier alpha value is -2.16. The zero-order valence-corrected chi connectivity index (χ0v) is 15.8. The number of hydrogen-bond donors (Lipinski definition) is 1. The molecule has 3 heterocycles. The molecule has 0 spiro atoms. The molecule has 0 atom stereocenters. The summed E-state index contributed by atoms with van der Waals surface area (Å²) in [6.07, 6.45) is 0. The van der Waals surface area contributed by atoms with Gasteiger partial charge in [-0.15, -0.1) is 16.4 Å². The first kappa shape index (κ1) is 16.3. The van der Waals surface area contributed by atoms with Gasteiger partial charge in [0.15, 0.2) is 5.82 Å². The van der Waals surface area contributed by atoms with Crippen LogP contribution in [0.2, 0.25) is 0 Å². The molecule has 0 bridgehead atoms. The van der Waals surface area contributed by atoms with Gasteiger partial charge in [0.05, 0.1) is 12.8 Å². The Balaban J connectivity index is 1.41. The lowest BCUT2D eigenvalue weighted by molar-refractivity contribution is 0.415. The number of nitrogens with one attached hydrogen (secondary N) is 1. The van der Waals surface area contributed by atoms with Gasteiger partial charge in [-0.05, 0) is 35.7 Å². The maximum atomic E-state index is 5.17. The van der Waals surface area contributed by atoms with E-state index in [1.54, 1.807) is 41.5 Å². The quantitative estimate of drug-likeness (QED) is 0.475. The SMILES string of the molecule is COc1ccc(-c2nc(SCc3csc(-c4ccsc4)n3)n[nH]2)cc1. The molecule has 0 aliphatic carbocycles. The second-order valence-corrected chi connectivity index (χ2v) is 7.72. The van der Waals surface area contributed by atoms with Crippen molar-refractivity contribution in [2.75, 3.05) is 7.11 Å². The van der Waals surface area contributed by atoms with Crippen molar-refractivity contribution in [1.29, 1.82) is 0 Å². The second-order valence-electron chi connectivity index (χ2n) is 5.14. The summed E-state index contributed by atoms with van der Waals surface area (Å²) >= 11 is 4.93. The summed E-state index contributed by atoms with van der Waals surface area (Å²) in [5, 5.41) is 15.3. The van der Waals surface area contributed by atoms with Crippen LogP contribution in [0.1, 0.15) is 5.69 Å². The third-order valence-corrected chi connectivity index (χ3v) is 6.00. The number of methoxy groups -OCH3 is 1. The van der Waals surface area contributed by atoms with Gasteiger partial charge >= 0.3 is 0 Å². The van der Waals surface area contributed by atoms with Crippen LogP contribution in [0.5, 0.6) is 5.75 Å². The van der Waals surface area contributed by atoms with Crippen LogP contribution in [0.15, 0.2) is 51.6 Å². The van der Waals surface area contributed by atoms with Gasteiger partial charge in [-0.2, -0.15) is 11.3 Å². The third-order valence-electron chi connectivity index (χ3n) is 3.50. The molecule has 0 aliphatic rings. The van der Waals surface area contributed by atoms with Crippen molar-refractivity contribution in [1.82, 2.24) is 20.2 Å². The lowest BCUT2D eigenvalue weighted by Gasteiger charge is -1.99. The van der Waals surface area contributed by atoms with Crippen LogP contribution in [-0.2, 0) is 5.75 Å². The summed E-state index contributed by atoms with van der Waals surface area (Å²) in [5.41, 5.74) is 3.21. The molecule has 0 amide bonds. The van der Waals surface area contributed by atoms with E-state index in [-0.39, 0.29) is 0 Å². The molecule has 1 aromatic carbocycles. The molecule has 0 saturated heterocycles. The highest BCUT2D eigenvalue weighted by atomic mass is 32.2. The first-order chi connectivity index (χ1) is 12.3. The van der Waals surface area contributed by atoms with Gasteiger partial charge in [0.1, 0.15) is 10.8 Å². The molecule has 4 aromatic rings. The third kappa shape index (κ3) is 3.76. The summed E-state index contributed by atoms with van der Waals surface area (Å²) in [7, 11) is 1.65. The highest BCUT2D eigenvalue weighted by Gasteiger charge is 2.09. The molecule has 126 valence electrons. The minimum absolute atomic E-state index is 0.718. The van der Waals surface area contributed by atoms with Crippen molar-refractivity contribution in [3.8, 4) is 27.7 Å². The largest absolute Gasteiger partial charge is 0.497 e. The Morgan fingerprint density at radius 3 is 2.72 bits per heavy atom. The summed E-state index contributed by atoms with van der Waals surface area (Å²) in [6.45, 7) is 0. The fraction of sp³-hybridized carbons (Fsp3) is 0.118. The summed E-state index contributed by atoms with van der Waals surface area (Å²) < 4.78 is 5.17. The van der Waals surface area contributed by atoms with E-state index in [0.717, 1.165) is 38.7 Å². The number of thiophene rings is 1. The first-order valence-electron chi connectivity index (χ1n) is 7.48. The molecular weight excluding hydrogens is 372 g/mol. The number of thioether (sulfide) groups is 1. The molecule has 25 heavy (non-hydrogen) atoms. The Labute approximate surface area is 157 Å². The van der Waals surface area contributed by atoms with E-state index < -0.39 is 0 Å². The number of thiazole rings is 1. The van der Waals surface area contributed by atoms with Crippen LogP contribution in [-0.4, -0.2) is 27.3 Å². The Bertz CT molecular complexity index is 945. The molecule has 0 aliphatic heterocycles. The van der Waals surface area contributed by atoms with Crippen molar-refractivity contribution >= 4 is 34.4 Å². The van der Waals surface area contributed by atoms with E-state index in [2.05, 4.69) is 42.4 Å². The molecule has 0 fully saturated rings. The highest BCUT2D eigenvalue weighted by molar-refractivity contribution is 7.98.